The van der Waals surface area contributed by atoms with Crippen molar-refractivity contribution in [2.45, 2.75) is 13.3 Å². The largest absolute Gasteiger partial charge is 0.460 e. The molecule has 1 heterocycles. The highest BCUT2D eigenvalue weighted by molar-refractivity contribution is 6.33. The van der Waals surface area contributed by atoms with E-state index in [9.17, 15) is 19.2 Å². The number of imide groups is 1. The van der Waals surface area contributed by atoms with E-state index in [1.54, 1.807) is 31.2 Å². The molecule has 0 saturated heterocycles. The Morgan fingerprint density at radius 2 is 1.65 bits per heavy atom. The molecule has 1 aliphatic rings. The standard InChI is InChI=1S/C14H13NO5/c1-2-20-14(19)11(16)7-8-15-12(17)9-5-3-4-6-10(9)13(15)18/h3-6H,2,7-8H2,1H3. The van der Waals surface area contributed by atoms with E-state index >= 15 is 0 Å². The fourth-order valence-electron chi connectivity index (χ4n) is 1.97. The van der Waals surface area contributed by atoms with Gasteiger partial charge in [-0.15, -0.1) is 0 Å². The Morgan fingerprint density at radius 3 is 2.15 bits per heavy atom. The number of amides is 2. The number of fused-ring (bicyclic) bond motifs is 1. The number of hydrogen-bond acceptors (Lipinski definition) is 5. The van der Waals surface area contributed by atoms with Crippen molar-refractivity contribution >= 4 is 23.6 Å². The Hall–Kier alpha value is -2.50. The average molecular weight is 275 g/mol. The molecule has 0 atom stereocenters. The van der Waals surface area contributed by atoms with Gasteiger partial charge in [-0.05, 0) is 19.1 Å². The van der Waals surface area contributed by atoms with E-state index in [-0.39, 0.29) is 19.6 Å². The molecule has 0 N–H and O–H groups in total. The lowest BCUT2D eigenvalue weighted by Crippen LogP contribution is -2.33. The van der Waals surface area contributed by atoms with E-state index in [0.29, 0.717) is 11.1 Å². The fraction of sp³-hybridized carbons (Fsp3) is 0.286. The molecule has 0 saturated carbocycles. The predicted molar refractivity (Wildman–Crippen MR) is 68.1 cm³/mol. The summed E-state index contributed by atoms with van der Waals surface area (Å²) in [4.78, 5) is 47.6. The summed E-state index contributed by atoms with van der Waals surface area (Å²) in [7, 11) is 0. The summed E-state index contributed by atoms with van der Waals surface area (Å²) < 4.78 is 4.56. The Bertz CT molecular complexity index is 558. The molecule has 20 heavy (non-hydrogen) atoms. The summed E-state index contributed by atoms with van der Waals surface area (Å²) in [5, 5.41) is 0. The summed E-state index contributed by atoms with van der Waals surface area (Å²) in [6, 6.07) is 6.44. The van der Waals surface area contributed by atoms with Crippen LogP contribution in [0, 0.1) is 0 Å². The van der Waals surface area contributed by atoms with Crippen LogP contribution in [0.4, 0.5) is 0 Å². The summed E-state index contributed by atoms with van der Waals surface area (Å²) >= 11 is 0. The normalized spacial score (nSPS) is 13.3. The van der Waals surface area contributed by atoms with Crippen molar-refractivity contribution in [3.05, 3.63) is 35.4 Å². The molecule has 6 heteroatoms. The van der Waals surface area contributed by atoms with Crippen molar-refractivity contribution in [1.82, 2.24) is 4.90 Å². The molecule has 2 rings (SSSR count). The van der Waals surface area contributed by atoms with E-state index in [1.165, 1.54) is 0 Å². The average Bonchev–Trinajstić information content (AvgIpc) is 2.69. The third-order valence-corrected chi connectivity index (χ3v) is 2.94. The van der Waals surface area contributed by atoms with Gasteiger partial charge in [0.2, 0.25) is 5.78 Å². The van der Waals surface area contributed by atoms with Crippen molar-refractivity contribution in [2.24, 2.45) is 0 Å². The summed E-state index contributed by atoms with van der Waals surface area (Å²) in [5.74, 6) is -2.57. The first-order valence-electron chi connectivity index (χ1n) is 6.21. The zero-order valence-corrected chi connectivity index (χ0v) is 10.9. The fourth-order valence-corrected chi connectivity index (χ4v) is 1.97. The number of carbonyl (C=O) groups is 4. The third kappa shape index (κ3) is 2.45. The van der Waals surface area contributed by atoms with Crippen molar-refractivity contribution in [2.75, 3.05) is 13.2 Å². The van der Waals surface area contributed by atoms with Gasteiger partial charge in [0.05, 0.1) is 17.7 Å². The van der Waals surface area contributed by atoms with Crippen LogP contribution in [0.2, 0.25) is 0 Å². The number of benzene rings is 1. The molecule has 104 valence electrons. The molecule has 0 unspecified atom stereocenters. The second-order valence-electron chi connectivity index (χ2n) is 4.20. The van der Waals surface area contributed by atoms with E-state index in [0.717, 1.165) is 4.90 Å². The van der Waals surface area contributed by atoms with E-state index < -0.39 is 23.6 Å². The van der Waals surface area contributed by atoms with Crippen molar-refractivity contribution in [3.8, 4) is 0 Å². The number of nitrogens with zero attached hydrogens (tertiary/aromatic N) is 1. The van der Waals surface area contributed by atoms with Gasteiger partial charge in [-0.25, -0.2) is 4.79 Å². The van der Waals surface area contributed by atoms with Crippen LogP contribution in [-0.2, 0) is 14.3 Å². The van der Waals surface area contributed by atoms with Crippen LogP contribution in [0.15, 0.2) is 24.3 Å². The number of ketones is 1. The Morgan fingerprint density at radius 1 is 1.10 bits per heavy atom. The first kappa shape index (κ1) is 13.9. The molecule has 0 spiro atoms. The van der Waals surface area contributed by atoms with Crippen LogP contribution < -0.4 is 0 Å². The highest BCUT2D eigenvalue weighted by Gasteiger charge is 2.35. The van der Waals surface area contributed by atoms with Gasteiger partial charge in [0.25, 0.3) is 11.8 Å². The summed E-state index contributed by atoms with van der Waals surface area (Å²) in [6.07, 6.45) is -0.232. The minimum absolute atomic E-state index is 0.109. The van der Waals surface area contributed by atoms with Gasteiger partial charge in [-0.3, -0.25) is 19.3 Å². The Kier molecular flexibility index (Phi) is 3.93. The number of esters is 1. The van der Waals surface area contributed by atoms with Crippen molar-refractivity contribution in [3.63, 3.8) is 0 Å². The van der Waals surface area contributed by atoms with Crippen LogP contribution >= 0.6 is 0 Å². The molecule has 0 bridgehead atoms. The third-order valence-electron chi connectivity index (χ3n) is 2.94. The number of rotatable bonds is 5. The quantitative estimate of drug-likeness (QED) is 0.451. The number of hydrogen-bond donors (Lipinski definition) is 0. The molecule has 1 aromatic rings. The highest BCUT2D eigenvalue weighted by atomic mass is 16.5. The summed E-state index contributed by atoms with van der Waals surface area (Å²) in [6.45, 7) is 1.58. The Labute approximate surface area is 115 Å². The molecule has 0 aromatic heterocycles. The van der Waals surface area contributed by atoms with E-state index in [2.05, 4.69) is 4.74 Å². The second kappa shape index (κ2) is 5.64. The maximum atomic E-state index is 12.0. The molecule has 1 aliphatic heterocycles. The zero-order chi connectivity index (χ0) is 14.7. The first-order chi connectivity index (χ1) is 9.56. The molecule has 2 amide bonds. The topological polar surface area (TPSA) is 80.8 Å². The molecular formula is C14H13NO5. The van der Waals surface area contributed by atoms with Crippen molar-refractivity contribution < 1.29 is 23.9 Å². The smallest absolute Gasteiger partial charge is 0.374 e. The minimum Gasteiger partial charge on any atom is -0.460 e. The lowest BCUT2D eigenvalue weighted by atomic mass is 10.1. The van der Waals surface area contributed by atoms with Gasteiger partial charge in [0.1, 0.15) is 0 Å². The zero-order valence-electron chi connectivity index (χ0n) is 10.9. The molecule has 0 fully saturated rings. The van der Waals surface area contributed by atoms with Crippen LogP contribution in [0.1, 0.15) is 34.1 Å². The Balaban J connectivity index is 2.03. The van der Waals surface area contributed by atoms with Crippen LogP contribution in [0.3, 0.4) is 0 Å². The summed E-state index contributed by atoms with van der Waals surface area (Å²) in [5.41, 5.74) is 0.641. The van der Waals surface area contributed by atoms with Crippen LogP contribution in [0.25, 0.3) is 0 Å². The number of carbonyl (C=O) groups excluding carboxylic acids is 4. The monoisotopic (exact) mass is 275 g/mol. The second-order valence-corrected chi connectivity index (χ2v) is 4.20. The number of Topliss-reactive ketones (excluding diaryl/α,β-unsaturated/α-hetero) is 1. The maximum Gasteiger partial charge on any atom is 0.374 e. The van der Waals surface area contributed by atoms with Gasteiger partial charge in [-0.2, -0.15) is 0 Å². The lowest BCUT2D eigenvalue weighted by Gasteiger charge is -2.12. The van der Waals surface area contributed by atoms with Gasteiger partial charge in [0.15, 0.2) is 0 Å². The minimum atomic E-state index is -0.941. The van der Waals surface area contributed by atoms with Gasteiger partial charge in [-0.1, -0.05) is 12.1 Å². The number of ether oxygens (including phenoxy) is 1. The predicted octanol–water partition coefficient (Wildman–Crippen LogP) is 0.805. The molecule has 0 aliphatic carbocycles. The van der Waals surface area contributed by atoms with Gasteiger partial charge < -0.3 is 4.74 Å². The molecular weight excluding hydrogens is 262 g/mol. The van der Waals surface area contributed by atoms with Gasteiger partial charge in [0, 0.05) is 13.0 Å². The lowest BCUT2D eigenvalue weighted by molar-refractivity contribution is -0.153. The van der Waals surface area contributed by atoms with Gasteiger partial charge >= 0.3 is 5.97 Å². The van der Waals surface area contributed by atoms with Crippen LogP contribution in [-0.4, -0.2) is 41.6 Å². The highest BCUT2D eigenvalue weighted by Crippen LogP contribution is 2.22. The van der Waals surface area contributed by atoms with Crippen molar-refractivity contribution in [1.29, 1.82) is 0 Å². The molecule has 0 radical (unpaired) electrons. The maximum absolute atomic E-state index is 12.0. The van der Waals surface area contributed by atoms with E-state index in [1.807, 2.05) is 0 Å². The SMILES string of the molecule is CCOC(=O)C(=O)CCN1C(=O)c2ccccc2C1=O. The van der Waals surface area contributed by atoms with Crippen LogP contribution in [0.5, 0.6) is 0 Å². The molecule has 6 nitrogen and oxygen atoms in total. The first-order valence-corrected chi connectivity index (χ1v) is 6.21. The molecule has 1 aromatic carbocycles. The van der Waals surface area contributed by atoms with E-state index in [4.69, 9.17) is 0 Å².